The first-order chi connectivity index (χ1) is 15.0. The Morgan fingerprint density at radius 3 is 2.77 bits per heavy atom. The van der Waals surface area contributed by atoms with Gasteiger partial charge in [-0.05, 0) is 45.4 Å². The Morgan fingerprint density at radius 2 is 2.06 bits per heavy atom. The quantitative estimate of drug-likeness (QED) is 0.443. The van der Waals surface area contributed by atoms with Gasteiger partial charge in [-0.3, -0.25) is 4.79 Å². The molecule has 11 nitrogen and oxygen atoms in total. The van der Waals surface area contributed by atoms with Crippen molar-refractivity contribution >= 4 is 34.7 Å². The summed E-state index contributed by atoms with van der Waals surface area (Å²) < 4.78 is 3.41. The number of imidazole rings is 1. The summed E-state index contributed by atoms with van der Waals surface area (Å²) in [6, 6.07) is 2.08. The zero-order chi connectivity index (χ0) is 22.0. The summed E-state index contributed by atoms with van der Waals surface area (Å²) in [7, 11) is 0. The van der Waals surface area contributed by atoms with Crippen LogP contribution in [0.2, 0.25) is 0 Å². The molecule has 1 fully saturated rings. The van der Waals surface area contributed by atoms with Gasteiger partial charge in [0.05, 0.1) is 12.0 Å². The topological polar surface area (TPSA) is 149 Å². The molecule has 5 N–H and O–H groups in total. The number of carbonyl (C=O) groups is 1. The number of nitrogens with one attached hydrogen (secondary N) is 2. The molecule has 0 radical (unpaired) electrons. The number of nitrogens with two attached hydrogens (primary N) is 1. The number of aliphatic hydroxyl groups is 1. The van der Waals surface area contributed by atoms with Crippen LogP contribution < -0.4 is 16.4 Å². The predicted octanol–water partition coefficient (Wildman–Crippen LogP) is 1.54. The monoisotopic (exact) mass is 427 g/mol. The lowest BCUT2D eigenvalue weighted by Gasteiger charge is -2.28. The van der Waals surface area contributed by atoms with Gasteiger partial charge in [-0.25, -0.2) is 9.67 Å². The standard InChI is InChI=1S/C20H29N9O2/c1-3-29-15(8-12(2)27-29)24-16(31)9-28-11-22-17-18(25-20(21)26-19(17)28)23-14-6-4-13(10-30)5-7-14/h8,11,13-14,30H,3-7,9-10H2,1-2H3,(H,24,31)(H3,21,23,25,26). The van der Waals surface area contributed by atoms with Crippen molar-refractivity contribution in [3.05, 3.63) is 18.1 Å². The van der Waals surface area contributed by atoms with Crippen LogP contribution in [0.5, 0.6) is 0 Å². The van der Waals surface area contributed by atoms with Crippen molar-refractivity contribution in [1.29, 1.82) is 0 Å². The van der Waals surface area contributed by atoms with Gasteiger partial charge in [0.2, 0.25) is 11.9 Å². The number of carbonyl (C=O) groups excluding carboxylic acids is 1. The van der Waals surface area contributed by atoms with E-state index in [2.05, 4.69) is 30.7 Å². The Labute approximate surface area is 180 Å². The average Bonchev–Trinajstić information content (AvgIpc) is 3.31. The minimum atomic E-state index is -0.206. The molecular formula is C20H29N9O2. The fourth-order valence-corrected chi connectivity index (χ4v) is 4.08. The summed E-state index contributed by atoms with van der Waals surface area (Å²) in [5.74, 6) is 1.53. The summed E-state index contributed by atoms with van der Waals surface area (Å²) in [5, 5.41) is 20.0. The Hall–Kier alpha value is -3.21. The van der Waals surface area contributed by atoms with Gasteiger partial charge in [0, 0.05) is 25.3 Å². The van der Waals surface area contributed by atoms with E-state index in [0.717, 1.165) is 31.4 Å². The molecule has 1 aliphatic rings. The SMILES string of the molecule is CCn1nc(C)cc1NC(=O)Cn1cnc2c(NC3CCC(CO)CC3)nc(N)nc21. The second-order valence-corrected chi connectivity index (χ2v) is 8.05. The molecule has 166 valence electrons. The van der Waals surface area contributed by atoms with Crippen LogP contribution in [0.4, 0.5) is 17.6 Å². The first-order valence-electron chi connectivity index (χ1n) is 10.7. The van der Waals surface area contributed by atoms with Crippen LogP contribution >= 0.6 is 0 Å². The van der Waals surface area contributed by atoms with Crippen LogP contribution in [-0.2, 0) is 17.9 Å². The highest BCUT2D eigenvalue weighted by atomic mass is 16.3. The highest BCUT2D eigenvalue weighted by Crippen LogP contribution is 2.28. The van der Waals surface area contributed by atoms with Crippen molar-refractivity contribution < 1.29 is 9.90 Å². The highest BCUT2D eigenvalue weighted by Gasteiger charge is 2.23. The predicted molar refractivity (Wildman–Crippen MR) is 117 cm³/mol. The number of nitrogen functional groups attached to an aromatic ring is 1. The van der Waals surface area contributed by atoms with Gasteiger partial charge in [0.25, 0.3) is 0 Å². The Kier molecular flexibility index (Phi) is 6.03. The van der Waals surface area contributed by atoms with E-state index in [1.807, 2.05) is 19.9 Å². The first kappa shape index (κ1) is 21.0. The third-order valence-corrected chi connectivity index (χ3v) is 5.71. The van der Waals surface area contributed by atoms with E-state index in [1.165, 1.54) is 0 Å². The summed E-state index contributed by atoms with van der Waals surface area (Å²) in [5.41, 5.74) is 7.88. The van der Waals surface area contributed by atoms with E-state index in [0.29, 0.717) is 35.3 Å². The molecule has 0 saturated heterocycles. The van der Waals surface area contributed by atoms with Crippen molar-refractivity contribution in [1.82, 2.24) is 29.3 Å². The summed E-state index contributed by atoms with van der Waals surface area (Å²) in [6.45, 7) is 4.80. The molecule has 31 heavy (non-hydrogen) atoms. The minimum Gasteiger partial charge on any atom is -0.396 e. The van der Waals surface area contributed by atoms with E-state index >= 15 is 0 Å². The molecule has 4 rings (SSSR count). The van der Waals surface area contributed by atoms with E-state index < -0.39 is 0 Å². The number of nitrogens with zero attached hydrogens (tertiary/aromatic N) is 6. The van der Waals surface area contributed by atoms with Crippen molar-refractivity contribution in [3.63, 3.8) is 0 Å². The molecule has 0 unspecified atom stereocenters. The van der Waals surface area contributed by atoms with Gasteiger partial charge < -0.3 is 26.0 Å². The van der Waals surface area contributed by atoms with Crippen molar-refractivity contribution in [2.45, 2.75) is 58.7 Å². The third-order valence-electron chi connectivity index (χ3n) is 5.71. The van der Waals surface area contributed by atoms with Gasteiger partial charge in [0.1, 0.15) is 12.4 Å². The van der Waals surface area contributed by atoms with E-state index in [4.69, 9.17) is 5.73 Å². The Bertz CT molecular complexity index is 1070. The fraction of sp³-hybridized carbons (Fsp3) is 0.550. The molecule has 3 heterocycles. The average molecular weight is 428 g/mol. The lowest BCUT2D eigenvalue weighted by Crippen LogP contribution is -2.28. The van der Waals surface area contributed by atoms with Crippen molar-refractivity contribution in [2.75, 3.05) is 23.0 Å². The van der Waals surface area contributed by atoms with Crippen LogP contribution in [0.1, 0.15) is 38.3 Å². The zero-order valence-electron chi connectivity index (χ0n) is 17.9. The summed E-state index contributed by atoms with van der Waals surface area (Å²) >= 11 is 0. The van der Waals surface area contributed by atoms with Crippen LogP contribution in [0, 0.1) is 12.8 Å². The molecule has 3 aromatic rings. The Balaban J connectivity index is 1.50. The van der Waals surface area contributed by atoms with Crippen molar-refractivity contribution in [3.8, 4) is 0 Å². The molecule has 0 atom stereocenters. The maximum Gasteiger partial charge on any atom is 0.245 e. The van der Waals surface area contributed by atoms with Gasteiger partial charge in [-0.15, -0.1) is 0 Å². The minimum absolute atomic E-state index is 0.0436. The normalized spacial score (nSPS) is 18.9. The molecule has 0 spiro atoms. The van der Waals surface area contributed by atoms with Crippen LogP contribution in [0.15, 0.2) is 12.4 Å². The molecule has 0 aliphatic heterocycles. The van der Waals surface area contributed by atoms with Crippen LogP contribution in [0.25, 0.3) is 11.2 Å². The number of hydrogen-bond donors (Lipinski definition) is 4. The maximum absolute atomic E-state index is 12.6. The number of amides is 1. The van der Waals surface area contributed by atoms with Gasteiger partial charge in [-0.2, -0.15) is 15.1 Å². The second-order valence-electron chi connectivity index (χ2n) is 8.05. The number of rotatable bonds is 7. The van der Waals surface area contributed by atoms with E-state index in [1.54, 1.807) is 15.6 Å². The molecule has 0 aromatic carbocycles. The first-order valence-corrected chi connectivity index (χ1v) is 10.7. The maximum atomic E-state index is 12.6. The number of fused-ring (bicyclic) bond motifs is 1. The molecule has 3 aromatic heterocycles. The molecule has 1 saturated carbocycles. The number of hydrogen-bond acceptors (Lipinski definition) is 8. The van der Waals surface area contributed by atoms with Gasteiger partial charge in [-0.1, -0.05) is 0 Å². The third kappa shape index (κ3) is 4.61. The smallest absolute Gasteiger partial charge is 0.245 e. The zero-order valence-corrected chi connectivity index (χ0v) is 17.9. The lowest BCUT2D eigenvalue weighted by atomic mass is 9.86. The molecular weight excluding hydrogens is 398 g/mol. The Morgan fingerprint density at radius 1 is 1.29 bits per heavy atom. The number of aliphatic hydroxyl groups excluding tert-OH is 1. The number of aryl methyl sites for hydroxylation is 2. The lowest BCUT2D eigenvalue weighted by molar-refractivity contribution is -0.116. The number of anilines is 3. The largest absolute Gasteiger partial charge is 0.396 e. The molecule has 11 heteroatoms. The molecule has 1 aliphatic carbocycles. The van der Waals surface area contributed by atoms with Crippen molar-refractivity contribution in [2.24, 2.45) is 5.92 Å². The van der Waals surface area contributed by atoms with E-state index in [9.17, 15) is 9.90 Å². The molecule has 0 bridgehead atoms. The highest BCUT2D eigenvalue weighted by molar-refractivity contribution is 5.91. The van der Waals surface area contributed by atoms with E-state index in [-0.39, 0.29) is 31.0 Å². The molecule has 1 amide bonds. The van der Waals surface area contributed by atoms with Gasteiger partial charge in [0.15, 0.2) is 17.0 Å². The summed E-state index contributed by atoms with van der Waals surface area (Å²) in [4.78, 5) is 25.7. The van der Waals surface area contributed by atoms with Gasteiger partial charge >= 0.3 is 0 Å². The van der Waals surface area contributed by atoms with Crippen LogP contribution in [0.3, 0.4) is 0 Å². The second kappa shape index (κ2) is 8.88. The van der Waals surface area contributed by atoms with Crippen LogP contribution in [-0.4, -0.2) is 53.0 Å². The fourth-order valence-electron chi connectivity index (χ4n) is 4.08. The summed E-state index contributed by atoms with van der Waals surface area (Å²) in [6.07, 6.45) is 5.42. The number of aromatic nitrogens is 6.